The van der Waals surface area contributed by atoms with Crippen LogP contribution in [0, 0.1) is 13.8 Å². The average molecular weight is 421 g/mol. The molecule has 1 amide bonds. The average Bonchev–Trinajstić information content (AvgIpc) is 3.27. The first-order chi connectivity index (χ1) is 14.9. The Bertz CT molecular complexity index is 1270. The molecule has 0 fully saturated rings. The molecule has 4 rings (SSSR count). The van der Waals surface area contributed by atoms with Crippen LogP contribution in [0.4, 0.5) is 0 Å². The van der Waals surface area contributed by atoms with Crippen molar-refractivity contribution in [2.75, 3.05) is 0 Å². The van der Waals surface area contributed by atoms with Gasteiger partial charge in [-0.15, -0.1) is 0 Å². The number of rotatable bonds is 8. The Balaban J connectivity index is 1.33. The molecule has 7 heteroatoms. The lowest BCUT2D eigenvalue weighted by Crippen LogP contribution is -2.33. The third-order valence-corrected chi connectivity index (χ3v) is 5.55. The Morgan fingerprint density at radius 1 is 1.16 bits per heavy atom. The predicted octanol–water partition coefficient (Wildman–Crippen LogP) is 3.78. The van der Waals surface area contributed by atoms with Crippen LogP contribution in [0.2, 0.25) is 0 Å². The molecule has 1 atom stereocenters. The highest BCUT2D eigenvalue weighted by atomic mass is 16.3. The smallest absolute Gasteiger partial charge is 0.291 e. The minimum Gasteiger partial charge on any atom is -0.460 e. The number of nitrogens with zero attached hydrogens (tertiary/aromatic N) is 3. The SMILES string of the molecule is Cc1cc2c(cc3c(=O)n(CCCC(=O)NC(C)CCc4ccccc4)nc(C)n32)o1. The van der Waals surface area contributed by atoms with Gasteiger partial charge in [0.2, 0.25) is 5.91 Å². The predicted molar refractivity (Wildman–Crippen MR) is 120 cm³/mol. The van der Waals surface area contributed by atoms with Crippen molar-refractivity contribution >= 4 is 22.5 Å². The monoisotopic (exact) mass is 420 g/mol. The molecule has 3 heterocycles. The van der Waals surface area contributed by atoms with Gasteiger partial charge in [-0.1, -0.05) is 30.3 Å². The molecule has 0 spiro atoms. The van der Waals surface area contributed by atoms with Crippen LogP contribution in [-0.2, 0) is 17.8 Å². The minimum atomic E-state index is -0.175. The van der Waals surface area contributed by atoms with E-state index < -0.39 is 0 Å². The van der Waals surface area contributed by atoms with Gasteiger partial charge < -0.3 is 9.73 Å². The Hall–Kier alpha value is -3.35. The van der Waals surface area contributed by atoms with Crippen LogP contribution in [0.5, 0.6) is 0 Å². The van der Waals surface area contributed by atoms with Crippen molar-refractivity contribution in [2.45, 2.75) is 59.0 Å². The maximum atomic E-state index is 12.8. The van der Waals surface area contributed by atoms with Gasteiger partial charge in [-0.3, -0.25) is 14.0 Å². The minimum absolute atomic E-state index is 0.00193. The van der Waals surface area contributed by atoms with Gasteiger partial charge in [-0.05, 0) is 45.6 Å². The number of carbonyl (C=O) groups excluding carboxylic acids is 1. The lowest BCUT2D eigenvalue weighted by molar-refractivity contribution is -0.121. The fourth-order valence-corrected chi connectivity index (χ4v) is 4.01. The third-order valence-electron chi connectivity index (χ3n) is 5.55. The number of hydrogen-bond acceptors (Lipinski definition) is 4. The van der Waals surface area contributed by atoms with Crippen molar-refractivity contribution in [3.05, 3.63) is 70.0 Å². The van der Waals surface area contributed by atoms with Crippen molar-refractivity contribution in [1.82, 2.24) is 19.5 Å². The normalized spacial score (nSPS) is 12.5. The summed E-state index contributed by atoms with van der Waals surface area (Å²) in [5.74, 6) is 1.51. The number of hydrogen-bond donors (Lipinski definition) is 1. The van der Waals surface area contributed by atoms with Gasteiger partial charge in [-0.25, -0.2) is 4.68 Å². The molecule has 4 aromatic rings. The maximum absolute atomic E-state index is 12.8. The maximum Gasteiger partial charge on any atom is 0.291 e. The van der Waals surface area contributed by atoms with Crippen LogP contribution in [0.3, 0.4) is 0 Å². The summed E-state index contributed by atoms with van der Waals surface area (Å²) in [7, 11) is 0. The van der Waals surface area contributed by atoms with Crippen LogP contribution in [0.25, 0.3) is 16.6 Å². The summed E-state index contributed by atoms with van der Waals surface area (Å²) in [6, 6.07) is 14.0. The number of aryl methyl sites for hydroxylation is 4. The first-order valence-electron chi connectivity index (χ1n) is 10.7. The van der Waals surface area contributed by atoms with E-state index in [4.69, 9.17) is 4.42 Å². The van der Waals surface area contributed by atoms with Crippen LogP contribution in [0.15, 0.2) is 51.7 Å². The molecule has 0 aliphatic heterocycles. The zero-order chi connectivity index (χ0) is 22.0. The molecule has 1 aromatic carbocycles. The van der Waals surface area contributed by atoms with Gasteiger partial charge in [0.15, 0.2) is 5.58 Å². The molecule has 3 aromatic heterocycles. The molecule has 7 nitrogen and oxygen atoms in total. The summed E-state index contributed by atoms with van der Waals surface area (Å²) in [5.41, 5.74) is 3.17. The van der Waals surface area contributed by atoms with Crippen molar-refractivity contribution < 1.29 is 9.21 Å². The summed E-state index contributed by atoms with van der Waals surface area (Å²) in [5, 5.41) is 7.50. The first-order valence-corrected chi connectivity index (χ1v) is 10.7. The molecule has 0 saturated carbocycles. The van der Waals surface area contributed by atoms with Crippen LogP contribution in [-0.4, -0.2) is 26.1 Å². The zero-order valence-electron chi connectivity index (χ0n) is 18.2. The lowest BCUT2D eigenvalue weighted by atomic mass is 10.1. The quantitative estimate of drug-likeness (QED) is 0.470. The molecule has 1 N–H and O–H groups in total. The third kappa shape index (κ3) is 4.55. The molecular formula is C24H28N4O3. The number of benzene rings is 1. The molecule has 0 saturated heterocycles. The summed E-state index contributed by atoms with van der Waals surface area (Å²) in [4.78, 5) is 25.1. The van der Waals surface area contributed by atoms with Gasteiger partial charge in [-0.2, -0.15) is 5.10 Å². The molecule has 162 valence electrons. The number of aromatic nitrogens is 3. The van der Waals surface area contributed by atoms with Gasteiger partial charge in [0.05, 0.1) is 5.52 Å². The van der Waals surface area contributed by atoms with E-state index in [0.717, 1.165) is 24.1 Å². The Morgan fingerprint density at radius 3 is 2.71 bits per heavy atom. The van der Waals surface area contributed by atoms with Gasteiger partial charge in [0.1, 0.15) is 17.1 Å². The van der Waals surface area contributed by atoms with Crippen LogP contribution >= 0.6 is 0 Å². The standard InChI is InChI=1S/C24H28N4O3/c1-16(11-12-19-8-5-4-6-9-19)25-23(29)10-7-13-27-24(30)21-15-22-20(14-17(2)31-22)28(21)18(3)26-27/h4-6,8-9,14-16H,7,10-13H2,1-3H3,(H,25,29). The van der Waals surface area contributed by atoms with Crippen molar-refractivity contribution in [2.24, 2.45) is 0 Å². The van der Waals surface area contributed by atoms with Gasteiger partial charge in [0, 0.05) is 31.1 Å². The molecule has 1 unspecified atom stereocenters. The second-order valence-electron chi connectivity index (χ2n) is 8.14. The second kappa shape index (κ2) is 8.79. The summed E-state index contributed by atoms with van der Waals surface area (Å²) in [6.07, 6.45) is 2.73. The number of nitrogens with one attached hydrogen (secondary N) is 1. The van der Waals surface area contributed by atoms with E-state index in [0.29, 0.717) is 36.3 Å². The second-order valence-corrected chi connectivity index (χ2v) is 8.14. The van der Waals surface area contributed by atoms with Crippen molar-refractivity contribution in [3.8, 4) is 0 Å². The Morgan fingerprint density at radius 2 is 1.94 bits per heavy atom. The molecule has 0 aliphatic carbocycles. The fourth-order valence-electron chi connectivity index (χ4n) is 4.01. The van der Waals surface area contributed by atoms with E-state index in [1.807, 2.05) is 49.4 Å². The van der Waals surface area contributed by atoms with E-state index in [1.54, 1.807) is 6.07 Å². The van der Waals surface area contributed by atoms with E-state index in [1.165, 1.54) is 10.2 Å². The van der Waals surface area contributed by atoms with Gasteiger partial charge in [0.25, 0.3) is 5.56 Å². The number of carbonyl (C=O) groups is 1. The number of amides is 1. The lowest BCUT2D eigenvalue weighted by Gasteiger charge is -2.14. The number of furan rings is 1. The molecule has 0 bridgehead atoms. The van der Waals surface area contributed by atoms with E-state index in [2.05, 4.69) is 22.5 Å². The highest BCUT2D eigenvalue weighted by molar-refractivity contribution is 5.83. The van der Waals surface area contributed by atoms with E-state index in [9.17, 15) is 9.59 Å². The van der Waals surface area contributed by atoms with E-state index >= 15 is 0 Å². The molecular weight excluding hydrogens is 392 g/mol. The van der Waals surface area contributed by atoms with Crippen LogP contribution < -0.4 is 10.9 Å². The summed E-state index contributed by atoms with van der Waals surface area (Å²) < 4.78 is 8.92. The summed E-state index contributed by atoms with van der Waals surface area (Å²) in [6.45, 7) is 6.16. The summed E-state index contributed by atoms with van der Waals surface area (Å²) >= 11 is 0. The highest BCUT2D eigenvalue weighted by Gasteiger charge is 2.15. The van der Waals surface area contributed by atoms with E-state index in [-0.39, 0.29) is 17.5 Å². The first kappa shape index (κ1) is 20.9. The molecule has 0 radical (unpaired) electrons. The molecule has 0 aliphatic rings. The highest BCUT2D eigenvalue weighted by Crippen LogP contribution is 2.22. The topological polar surface area (TPSA) is 81.5 Å². The van der Waals surface area contributed by atoms with Gasteiger partial charge >= 0.3 is 0 Å². The molecule has 31 heavy (non-hydrogen) atoms. The fraction of sp³-hybridized carbons (Fsp3) is 0.375. The van der Waals surface area contributed by atoms with Crippen molar-refractivity contribution in [3.63, 3.8) is 0 Å². The largest absolute Gasteiger partial charge is 0.460 e. The van der Waals surface area contributed by atoms with Crippen molar-refractivity contribution in [1.29, 1.82) is 0 Å². The Kier molecular flexibility index (Phi) is 5.93. The van der Waals surface area contributed by atoms with Crippen LogP contribution in [0.1, 0.15) is 43.3 Å². The number of fused-ring (bicyclic) bond motifs is 3. The zero-order valence-corrected chi connectivity index (χ0v) is 18.2. The Labute approximate surface area is 180 Å².